The van der Waals surface area contributed by atoms with E-state index >= 15 is 0 Å². The van der Waals surface area contributed by atoms with Gasteiger partial charge < -0.3 is 31.5 Å². The van der Waals surface area contributed by atoms with E-state index < -0.39 is 42.5 Å². The number of aliphatic hydroxyl groups is 1. The number of nitrogens with one attached hydrogen (secondary N) is 4. The van der Waals surface area contributed by atoms with Gasteiger partial charge in [-0.3, -0.25) is 14.4 Å². The second kappa shape index (κ2) is 12.9. The van der Waals surface area contributed by atoms with Crippen molar-refractivity contribution in [2.75, 3.05) is 30.9 Å². The molecule has 1 saturated heterocycles. The van der Waals surface area contributed by atoms with Crippen LogP contribution in [0.1, 0.15) is 19.3 Å². The number of carboxylic acid groups (broad SMARTS) is 1. The van der Waals surface area contributed by atoms with Gasteiger partial charge in [-0.25, -0.2) is 4.79 Å². The molecule has 1 aliphatic heterocycles. The van der Waals surface area contributed by atoms with Crippen molar-refractivity contribution in [1.29, 1.82) is 0 Å². The molecule has 4 unspecified atom stereocenters. The molecule has 10 nitrogen and oxygen atoms in total. The van der Waals surface area contributed by atoms with E-state index in [1.54, 1.807) is 0 Å². The van der Waals surface area contributed by atoms with Crippen LogP contribution in [0.2, 0.25) is 0 Å². The Morgan fingerprint density at radius 3 is 2.29 bits per heavy atom. The summed E-state index contributed by atoms with van der Waals surface area (Å²) in [5.74, 6) is -2.57. The Morgan fingerprint density at radius 1 is 1.14 bits per heavy atom. The van der Waals surface area contributed by atoms with Gasteiger partial charge in [-0.1, -0.05) is 0 Å². The largest absolute Gasteiger partial charge is 0.480 e. The second-order valence-corrected chi connectivity index (χ2v) is 7.67. The highest BCUT2D eigenvalue weighted by Gasteiger charge is 2.30. The third kappa shape index (κ3) is 7.86. The molecule has 0 radical (unpaired) electrons. The van der Waals surface area contributed by atoms with Gasteiger partial charge >= 0.3 is 5.97 Å². The standard InChI is InChI=1S/C16H28N4O6S2/c1-28-6-4-10(18-13(22)9-3-2-5-17-9)14(23)19-11(7-21)15(24)20-12(8-27)16(25)26/h9-12,17,21,27H,2-8H2,1H3,(H,18,22)(H,19,23)(H,20,24)(H,25,26). The predicted molar refractivity (Wildman–Crippen MR) is 108 cm³/mol. The smallest absolute Gasteiger partial charge is 0.327 e. The molecule has 6 N–H and O–H groups in total. The quantitative estimate of drug-likeness (QED) is 0.172. The molecular weight excluding hydrogens is 408 g/mol. The Balaban J connectivity index is 2.72. The summed E-state index contributed by atoms with van der Waals surface area (Å²) >= 11 is 5.35. The number of carbonyl (C=O) groups is 4. The normalized spacial score (nSPS) is 19.3. The number of carboxylic acids is 1. The highest BCUT2D eigenvalue weighted by molar-refractivity contribution is 7.98. The van der Waals surface area contributed by atoms with Gasteiger partial charge in [0, 0.05) is 5.75 Å². The Hall–Kier alpha value is -1.50. The van der Waals surface area contributed by atoms with Crippen molar-refractivity contribution in [2.45, 2.75) is 43.4 Å². The number of carbonyl (C=O) groups excluding carboxylic acids is 3. The van der Waals surface area contributed by atoms with E-state index in [0.717, 1.165) is 13.0 Å². The van der Waals surface area contributed by atoms with E-state index in [2.05, 4.69) is 33.9 Å². The van der Waals surface area contributed by atoms with E-state index in [-0.39, 0.29) is 17.7 Å². The Morgan fingerprint density at radius 2 is 1.79 bits per heavy atom. The van der Waals surface area contributed by atoms with Crippen LogP contribution in [-0.4, -0.2) is 89.0 Å². The van der Waals surface area contributed by atoms with Gasteiger partial charge in [0.1, 0.15) is 18.1 Å². The molecular formula is C16H28N4O6S2. The summed E-state index contributed by atoms with van der Waals surface area (Å²) in [5, 5.41) is 28.7. The number of aliphatic carboxylic acids is 1. The third-order valence-electron chi connectivity index (χ3n) is 4.23. The molecule has 1 heterocycles. The van der Waals surface area contributed by atoms with Crippen LogP contribution in [0.25, 0.3) is 0 Å². The van der Waals surface area contributed by atoms with Crippen LogP contribution in [0.4, 0.5) is 0 Å². The number of rotatable bonds is 12. The molecule has 0 aliphatic carbocycles. The average molecular weight is 437 g/mol. The van der Waals surface area contributed by atoms with Crippen LogP contribution in [-0.2, 0) is 19.2 Å². The topological polar surface area (TPSA) is 157 Å². The number of aliphatic hydroxyl groups excluding tert-OH is 1. The monoisotopic (exact) mass is 436 g/mol. The highest BCUT2D eigenvalue weighted by atomic mass is 32.2. The van der Waals surface area contributed by atoms with Crippen molar-refractivity contribution < 1.29 is 29.4 Å². The van der Waals surface area contributed by atoms with Gasteiger partial charge in [0.2, 0.25) is 17.7 Å². The fourth-order valence-electron chi connectivity index (χ4n) is 2.61. The van der Waals surface area contributed by atoms with Crippen molar-refractivity contribution in [3.05, 3.63) is 0 Å². The first-order chi connectivity index (χ1) is 13.3. The second-order valence-electron chi connectivity index (χ2n) is 6.32. The minimum atomic E-state index is -1.34. The summed E-state index contributed by atoms with van der Waals surface area (Å²) in [4.78, 5) is 48.1. The lowest BCUT2D eigenvalue weighted by molar-refractivity contribution is -0.142. The number of hydrogen-bond acceptors (Lipinski definition) is 8. The fraction of sp³-hybridized carbons (Fsp3) is 0.750. The molecule has 0 aromatic heterocycles. The zero-order chi connectivity index (χ0) is 21.1. The summed E-state index contributed by atoms with van der Waals surface area (Å²) in [6, 6.07) is -3.81. The first-order valence-electron chi connectivity index (χ1n) is 8.92. The Bertz CT molecular complexity index is 559. The first-order valence-corrected chi connectivity index (χ1v) is 10.9. The lowest BCUT2D eigenvalue weighted by Gasteiger charge is -2.24. The third-order valence-corrected chi connectivity index (χ3v) is 5.24. The molecule has 0 bridgehead atoms. The SMILES string of the molecule is CSCCC(NC(=O)C1CCCN1)C(=O)NC(CO)C(=O)NC(CS)C(=O)O. The van der Waals surface area contributed by atoms with E-state index in [1.807, 2.05) is 6.26 Å². The number of hydrogen-bond donors (Lipinski definition) is 7. The zero-order valence-corrected chi connectivity index (χ0v) is 17.4. The minimum Gasteiger partial charge on any atom is -0.480 e. The predicted octanol–water partition coefficient (Wildman–Crippen LogP) is -2.05. The van der Waals surface area contributed by atoms with E-state index in [1.165, 1.54) is 11.8 Å². The lowest BCUT2D eigenvalue weighted by Crippen LogP contribution is -2.58. The molecule has 0 aromatic carbocycles. The van der Waals surface area contributed by atoms with Gasteiger partial charge in [0.25, 0.3) is 0 Å². The summed E-state index contributed by atoms with van der Waals surface area (Å²) in [5.41, 5.74) is 0. The molecule has 3 amide bonds. The van der Waals surface area contributed by atoms with Gasteiger partial charge in [0.15, 0.2) is 0 Å². The molecule has 28 heavy (non-hydrogen) atoms. The van der Waals surface area contributed by atoms with Crippen LogP contribution < -0.4 is 21.3 Å². The Kier molecular flexibility index (Phi) is 11.3. The van der Waals surface area contributed by atoms with E-state index in [4.69, 9.17) is 5.11 Å². The van der Waals surface area contributed by atoms with Crippen molar-refractivity contribution >= 4 is 48.1 Å². The summed E-state index contributed by atoms with van der Waals surface area (Å²) in [6.07, 6.45) is 3.77. The van der Waals surface area contributed by atoms with Crippen molar-refractivity contribution in [2.24, 2.45) is 0 Å². The number of thioether (sulfide) groups is 1. The maximum absolute atomic E-state index is 12.6. The molecule has 1 fully saturated rings. The Labute approximate surface area is 173 Å². The van der Waals surface area contributed by atoms with Gasteiger partial charge in [-0.05, 0) is 37.8 Å². The molecule has 0 aromatic rings. The number of amides is 3. The van der Waals surface area contributed by atoms with Gasteiger partial charge in [-0.2, -0.15) is 24.4 Å². The van der Waals surface area contributed by atoms with Crippen LogP contribution in [0.5, 0.6) is 0 Å². The molecule has 160 valence electrons. The maximum atomic E-state index is 12.6. The fourth-order valence-corrected chi connectivity index (χ4v) is 3.33. The maximum Gasteiger partial charge on any atom is 0.327 e. The highest BCUT2D eigenvalue weighted by Crippen LogP contribution is 2.07. The summed E-state index contributed by atoms with van der Waals surface area (Å²) in [7, 11) is 0. The van der Waals surface area contributed by atoms with Gasteiger partial charge in [-0.15, -0.1) is 0 Å². The van der Waals surface area contributed by atoms with Crippen LogP contribution in [0.3, 0.4) is 0 Å². The summed E-state index contributed by atoms with van der Waals surface area (Å²) < 4.78 is 0. The minimum absolute atomic E-state index is 0.145. The molecule has 0 spiro atoms. The van der Waals surface area contributed by atoms with Crippen LogP contribution in [0, 0.1) is 0 Å². The average Bonchev–Trinajstić information content (AvgIpc) is 3.21. The zero-order valence-electron chi connectivity index (χ0n) is 15.6. The van der Waals surface area contributed by atoms with E-state index in [9.17, 15) is 24.3 Å². The molecule has 12 heteroatoms. The molecule has 1 aliphatic rings. The number of thiol groups is 1. The van der Waals surface area contributed by atoms with E-state index in [0.29, 0.717) is 18.6 Å². The van der Waals surface area contributed by atoms with Crippen molar-refractivity contribution in [3.63, 3.8) is 0 Å². The lowest BCUT2D eigenvalue weighted by atomic mass is 10.1. The van der Waals surface area contributed by atoms with Crippen molar-refractivity contribution in [1.82, 2.24) is 21.3 Å². The molecule has 4 atom stereocenters. The van der Waals surface area contributed by atoms with Crippen molar-refractivity contribution in [3.8, 4) is 0 Å². The molecule has 1 rings (SSSR count). The summed E-state index contributed by atoms with van der Waals surface area (Å²) in [6.45, 7) is 0.0201. The molecule has 0 saturated carbocycles. The van der Waals surface area contributed by atoms with Crippen LogP contribution in [0.15, 0.2) is 0 Å². The first kappa shape index (κ1) is 24.5. The van der Waals surface area contributed by atoms with Gasteiger partial charge in [0.05, 0.1) is 12.6 Å². The van der Waals surface area contributed by atoms with Crippen LogP contribution >= 0.6 is 24.4 Å².